The van der Waals surface area contributed by atoms with Crippen molar-refractivity contribution in [1.82, 2.24) is 5.32 Å². The van der Waals surface area contributed by atoms with E-state index < -0.39 is 0 Å². The molecule has 80 valence electrons. The molecule has 0 aliphatic carbocycles. The first-order chi connectivity index (χ1) is 6.85. The fourth-order valence-corrected chi connectivity index (χ4v) is 1.06. The van der Waals surface area contributed by atoms with Crippen molar-refractivity contribution >= 4 is 0 Å². The minimum Gasteiger partial charge on any atom is -0.310 e. The maximum absolute atomic E-state index is 3.22. The topological polar surface area (TPSA) is 12.0 Å². The SMILES string of the molecule is CC/C=C/C(/C=C\C=CCCC)NC. The molecule has 0 amide bonds. The fourth-order valence-electron chi connectivity index (χ4n) is 1.06. The number of hydrogen-bond acceptors (Lipinski definition) is 1. The number of nitrogens with one attached hydrogen (secondary N) is 1. The molecule has 1 unspecified atom stereocenters. The summed E-state index contributed by atoms with van der Waals surface area (Å²) in [6, 6.07) is 0.362. The van der Waals surface area contributed by atoms with Gasteiger partial charge in [-0.15, -0.1) is 0 Å². The second kappa shape index (κ2) is 10.3. The van der Waals surface area contributed by atoms with Gasteiger partial charge in [0, 0.05) is 6.04 Å². The second-order valence-electron chi connectivity index (χ2n) is 3.25. The Kier molecular flexibility index (Phi) is 9.66. The summed E-state index contributed by atoms with van der Waals surface area (Å²) < 4.78 is 0. The monoisotopic (exact) mass is 193 g/mol. The Morgan fingerprint density at radius 1 is 1.07 bits per heavy atom. The Bertz CT molecular complexity index is 189. The number of hydrogen-bond donors (Lipinski definition) is 1. The number of rotatable bonds is 7. The summed E-state index contributed by atoms with van der Waals surface area (Å²) in [7, 11) is 1.98. The average molecular weight is 193 g/mol. The Balaban J connectivity index is 3.85. The van der Waals surface area contributed by atoms with Crippen LogP contribution >= 0.6 is 0 Å². The molecule has 0 heterocycles. The van der Waals surface area contributed by atoms with Gasteiger partial charge in [0.1, 0.15) is 0 Å². The van der Waals surface area contributed by atoms with Gasteiger partial charge in [-0.3, -0.25) is 0 Å². The zero-order chi connectivity index (χ0) is 10.6. The van der Waals surface area contributed by atoms with Crippen molar-refractivity contribution in [1.29, 1.82) is 0 Å². The van der Waals surface area contributed by atoms with E-state index in [-0.39, 0.29) is 0 Å². The molecular weight excluding hydrogens is 170 g/mol. The predicted octanol–water partition coefficient (Wildman–Crippen LogP) is 3.45. The highest BCUT2D eigenvalue weighted by atomic mass is 14.8. The first kappa shape index (κ1) is 13.2. The van der Waals surface area contributed by atoms with Crippen molar-refractivity contribution in [3.8, 4) is 0 Å². The molecule has 0 saturated carbocycles. The zero-order valence-corrected chi connectivity index (χ0v) is 9.66. The first-order valence-electron chi connectivity index (χ1n) is 5.52. The van der Waals surface area contributed by atoms with E-state index in [0.29, 0.717) is 6.04 Å². The fraction of sp³-hybridized carbons (Fsp3) is 0.538. The van der Waals surface area contributed by atoms with Gasteiger partial charge in [-0.1, -0.05) is 56.7 Å². The summed E-state index contributed by atoms with van der Waals surface area (Å²) >= 11 is 0. The second-order valence-corrected chi connectivity index (χ2v) is 3.25. The summed E-state index contributed by atoms with van der Waals surface area (Å²) in [4.78, 5) is 0. The molecule has 0 spiro atoms. The van der Waals surface area contributed by atoms with E-state index in [1.807, 2.05) is 7.05 Å². The van der Waals surface area contributed by atoms with Gasteiger partial charge in [0.2, 0.25) is 0 Å². The summed E-state index contributed by atoms with van der Waals surface area (Å²) in [6.45, 7) is 4.34. The smallest absolute Gasteiger partial charge is 0.0436 e. The highest BCUT2D eigenvalue weighted by Gasteiger charge is 1.91. The van der Waals surface area contributed by atoms with Crippen molar-refractivity contribution in [3.05, 3.63) is 36.5 Å². The zero-order valence-electron chi connectivity index (χ0n) is 9.66. The van der Waals surface area contributed by atoms with Crippen molar-refractivity contribution in [2.24, 2.45) is 0 Å². The summed E-state index contributed by atoms with van der Waals surface area (Å²) in [5, 5.41) is 3.22. The van der Waals surface area contributed by atoms with Crippen LogP contribution in [0.15, 0.2) is 36.5 Å². The Morgan fingerprint density at radius 3 is 2.43 bits per heavy atom. The van der Waals surface area contributed by atoms with E-state index >= 15 is 0 Å². The largest absolute Gasteiger partial charge is 0.310 e. The Labute approximate surface area is 88.6 Å². The number of unbranched alkanes of at least 4 members (excludes halogenated alkanes) is 1. The van der Waals surface area contributed by atoms with E-state index in [2.05, 4.69) is 55.6 Å². The molecule has 1 nitrogen and oxygen atoms in total. The van der Waals surface area contributed by atoms with Gasteiger partial charge in [-0.2, -0.15) is 0 Å². The van der Waals surface area contributed by atoms with E-state index in [1.165, 1.54) is 12.8 Å². The molecule has 0 saturated heterocycles. The van der Waals surface area contributed by atoms with Gasteiger partial charge in [-0.25, -0.2) is 0 Å². The van der Waals surface area contributed by atoms with Gasteiger partial charge >= 0.3 is 0 Å². The Hall–Kier alpha value is -0.820. The maximum Gasteiger partial charge on any atom is 0.0436 e. The van der Waals surface area contributed by atoms with Crippen LogP contribution in [0.5, 0.6) is 0 Å². The van der Waals surface area contributed by atoms with Gasteiger partial charge in [-0.05, 0) is 19.9 Å². The van der Waals surface area contributed by atoms with Crippen molar-refractivity contribution in [2.45, 2.75) is 39.2 Å². The highest BCUT2D eigenvalue weighted by molar-refractivity contribution is 5.11. The molecule has 14 heavy (non-hydrogen) atoms. The third-order valence-electron chi connectivity index (χ3n) is 1.93. The van der Waals surface area contributed by atoms with Gasteiger partial charge in [0.05, 0.1) is 0 Å². The van der Waals surface area contributed by atoms with Crippen LogP contribution in [0.4, 0.5) is 0 Å². The molecule has 0 bridgehead atoms. The van der Waals surface area contributed by atoms with Crippen LogP contribution in [-0.4, -0.2) is 13.1 Å². The molecule has 0 aliphatic rings. The molecule has 0 aliphatic heterocycles. The molecule has 1 heteroatoms. The highest BCUT2D eigenvalue weighted by Crippen LogP contribution is 1.93. The van der Waals surface area contributed by atoms with E-state index in [9.17, 15) is 0 Å². The molecular formula is C13H23N. The van der Waals surface area contributed by atoms with Crippen LogP contribution in [0.2, 0.25) is 0 Å². The molecule has 0 aromatic rings. The lowest BCUT2D eigenvalue weighted by molar-refractivity contribution is 0.787. The predicted molar refractivity (Wildman–Crippen MR) is 65.5 cm³/mol. The maximum atomic E-state index is 3.22. The summed E-state index contributed by atoms with van der Waals surface area (Å²) in [5.41, 5.74) is 0. The molecule has 0 aromatic heterocycles. The normalized spacial score (nSPS) is 14.8. The van der Waals surface area contributed by atoms with Gasteiger partial charge < -0.3 is 5.32 Å². The van der Waals surface area contributed by atoms with Crippen molar-refractivity contribution in [2.75, 3.05) is 7.05 Å². The summed E-state index contributed by atoms with van der Waals surface area (Å²) in [6.07, 6.45) is 16.4. The van der Waals surface area contributed by atoms with Crippen LogP contribution in [0.1, 0.15) is 33.1 Å². The molecule has 0 rings (SSSR count). The molecule has 0 aromatic carbocycles. The van der Waals surface area contributed by atoms with Gasteiger partial charge in [0.25, 0.3) is 0 Å². The number of likely N-dealkylation sites (N-methyl/N-ethyl adjacent to an activating group) is 1. The van der Waals surface area contributed by atoms with E-state index in [0.717, 1.165) is 6.42 Å². The molecule has 0 radical (unpaired) electrons. The third-order valence-corrected chi connectivity index (χ3v) is 1.93. The van der Waals surface area contributed by atoms with Crippen LogP contribution in [-0.2, 0) is 0 Å². The van der Waals surface area contributed by atoms with Crippen molar-refractivity contribution < 1.29 is 0 Å². The average Bonchev–Trinajstić information content (AvgIpc) is 2.22. The van der Waals surface area contributed by atoms with Gasteiger partial charge in [0.15, 0.2) is 0 Å². The number of allylic oxidation sites excluding steroid dienone is 4. The van der Waals surface area contributed by atoms with Crippen LogP contribution in [0.3, 0.4) is 0 Å². The minimum atomic E-state index is 0.362. The lowest BCUT2D eigenvalue weighted by atomic mass is 10.2. The van der Waals surface area contributed by atoms with Crippen molar-refractivity contribution in [3.63, 3.8) is 0 Å². The third kappa shape index (κ3) is 7.81. The quantitative estimate of drug-likeness (QED) is 0.482. The van der Waals surface area contributed by atoms with E-state index in [4.69, 9.17) is 0 Å². The standard InChI is InChI=1S/C13H23N/c1-4-6-8-9-10-12-13(14-3)11-7-5-2/h7-14H,4-6H2,1-3H3/b9-8?,11-7+,12-10-. The lowest BCUT2D eigenvalue weighted by Crippen LogP contribution is -2.19. The van der Waals surface area contributed by atoms with Crippen LogP contribution < -0.4 is 5.32 Å². The molecule has 0 fully saturated rings. The first-order valence-corrected chi connectivity index (χ1v) is 5.52. The minimum absolute atomic E-state index is 0.362. The van der Waals surface area contributed by atoms with E-state index in [1.54, 1.807) is 0 Å². The Morgan fingerprint density at radius 2 is 1.86 bits per heavy atom. The molecule has 1 N–H and O–H groups in total. The molecule has 1 atom stereocenters. The van der Waals surface area contributed by atoms with Crippen LogP contribution in [0.25, 0.3) is 0 Å². The lowest BCUT2D eigenvalue weighted by Gasteiger charge is -2.03. The van der Waals surface area contributed by atoms with Crippen LogP contribution in [0, 0.1) is 0 Å². The summed E-state index contributed by atoms with van der Waals surface area (Å²) in [5.74, 6) is 0.